The van der Waals surface area contributed by atoms with Gasteiger partial charge in [-0.05, 0) is 38.1 Å². The Labute approximate surface area is 126 Å². The Kier molecular flexibility index (Phi) is 4.91. The van der Waals surface area contributed by atoms with Crippen LogP contribution in [0.25, 0.3) is 0 Å². The van der Waals surface area contributed by atoms with Gasteiger partial charge in [0.25, 0.3) is 0 Å². The van der Waals surface area contributed by atoms with Crippen molar-refractivity contribution >= 4 is 0 Å². The molecule has 2 aliphatic rings. The van der Waals surface area contributed by atoms with Gasteiger partial charge in [-0.25, -0.2) is 0 Å². The normalized spacial score (nSPS) is 28.3. The molecule has 1 N–H and O–H groups in total. The van der Waals surface area contributed by atoms with Crippen LogP contribution in [0.2, 0.25) is 0 Å². The molecule has 21 heavy (non-hydrogen) atoms. The average Bonchev–Trinajstić information content (AvgIpc) is 3.25. The molecule has 0 radical (unpaired) electrons. The number of methoxy groups -OCH3 is 1. The Balaban J connectivity index is 1.75. The molecule has 1 heterocycles. The van der Waals surface area contributed by atoms with Gasteiger partial charge in [0.1, 0.15) is 6.10 Å². The predicted molar refractivity (Wildman–Crippen MR) is 80.1 cm³/mol. The van der Waals surface area contributed by atoms with Crippen LogP contribution in [0, 0.1) is 5.92 Å². The van der Waals surface area contributed by atoms with E-state index in [4.69, 9.17) is 14.2 Å². The van der Waals surface area contributed by atoms with Gasteiger partial charge in [-0.15, -0.1) is 0 Å². The summed E-state index contributed by atoms with van der Waals surface area (Å²) in [7, 11) is 1.74. The van der Waals surface area contributed by atoms with Gasteiger partial charge in [0.2, 0.25) is 11.7 Å². The van der Waals surface area contributed by atoms with E-state index in [0.717, 1.165) is 24.7 Å². The first-order chi connectivity index (χ1) is 10.3. The lowest BCUT2D eigenvalue weighted by Crippen LogP contribution is -2.34. The highest BCUT2D eigenvalue weighted by Crippen LogP contribution is 2.42. The third-order valence-corrected chi connectivity index (χ3v) is 4.82. The molecule has 2 fully saturated rings. The molecule has 5 heteroatoms. The van der Waals surface area contributed by atoms with Gasteiger partial charge < -0.3 is 14.6 Å². The number of likely N-dealkylation sites (N-methyl/N-ethyl adjacent to an activating group) is 1. The molecule has 118 valence electrons. The van der Waals surface area contributed by atoms with E-state index >= 15 is 0 Å². The highest BCUT2D eigenvalue weighted by Gasteiger charge is 2.37. The zero-order chi connectivity index (χ0) is 14.7. The van der Waals surface area contributed by atoms with Crippen LogP contribution < -0.4 is 5.32 Å². The molecular weight excluding hydrogens is 266 g/mol. The molecule has 5 nitrogen and oxygen atoms in total. The Bertz CT molecular complexity index is 444. The number of aromatic nitrogens is 2. The molecule has 1 aromatic rings. The summed E-state index contributed by atoms with van der Waals surface area (Å²) in [6, 6.07) is 0.465. The monoisotopic (exact) mass is 293 g/mol. The first-order valence-electron chi connectivity index (χ1n) is 8.43. The minimum Gasteiger partial charge on any atom is -0.373 e. The molecular formula is C16H27N3O2. The van der Waals surface area contributed by atoms with Crippen molar-refractivity contribution in [1.82, 2.24) is 15.5 Å². The van der Waals surface area contributed by atoms with E-state index in [1.807, 2.05) is 0 Å². The lowest BCUT2D eigenvalue weighted by atomic mass is 9.94. The van der Waals surface area contributed by atoms with E-state index in [1.54, 1.807) is 7.11 Å². The van der Waals surface area contributed by atoms with E-state index in [-0.39, 0.29) is 6.10 Å². The predicted octanol–water partition coefficient (Wildman–Crippen LogP) is 3.19. The summed E-state index contributed by atoms with van der Waals surface area (Å²) < 4.78 is 11.2. The molecule has 0 spiro atoms. The average molecular weight is 293 g/mol. The van der Waals surface area contributed by atoms with E-state index in [9.17, 15) is 0 Å². The van der Waals surface area contributed by atoms with Crippen molar-refractivity contribution in [2.24, 2.45) is 5.92 Å². The second-order valence-electron chi connectivity index (χ2n) is 6.39. The fourth-order valence-electron chi connectivity index (χ4n) is 3.53. The largest absolute Gasteiger partial charge is 0.373 e. The van der Waals surface area contributed by atoms with Gasteiger partial charge >= 0.3 is 0 Å². The standard InChI is InChI=1S/C16H27N3O2/c1-3-17-13-8-6-4-5-7-12(13)16-18-15(19-21-16)14(20-2)11-9-10-11/h11-14,17H,3-10H2,1-2H3. The lowest BCUT2D eigenvalue weighted by molar-refractivity contribution is 0.0751. The van der Waals surface area contributed by atoms with Crippen LogP contribution >= 0.6 is 0 Å². The molecule has 3 rings (SSSR count). The van der Waals surface area contributed by atoms with Crippen LogP contribution in [0.5, 0.6) is 0 Å². The van der Waals surface area contributed by atoms with E-state index in [0.29, 0.717) is 17.9 Å². The Morgan fingerprint density at radius 3 is 2.76 bits per heavy atom. The summed E-state index contributed by atoms with van der Waals surface area (Å²) >= 11 is 0. The van der Waals surface area contributed by atoms with Crippen molar-refractivity contribution < 1.29 is 9.26 Å². The van der Waals surface area contributed by atoms with Crippen LogP contribution in [0.3, 0.4) is 0 Å². The van der Waals surface area contributed by atoms with Crippen molar-refractivity contribution in [2.45, 2.75) is 69.9 Å². The van der Waals surface area contributed by atoms with Gasteiger partial charge in [-0.1, -0.05) is 31.3 Å². The quantitative estimate of drug-likeness (QED) is 0.816. The maximum atomic E-state index is 5.62. The molecule has 0 amide bonds. The highest BCUT2D eigenvalue weighted by atomic mass is 16.5. The van der Waals surface area contributed by atoms with Crippen molar-refractivity contribution in [1.29, 1.82) is 0 Å². The zero-order valence-corrected chi connectivity index (χ0v) is 13.2. The number of rotatable bonds is 6. The smallest absolute Gasteiger partial charge is 0.231 e. The Hall–Kier alpha value is -0.940. The van der Waals surface area contributed by atoms with Crippen LogP contribution in [-0.2, 0) is 4.74 Å². The van der Waals surface area contributed by atoms with Gasteiger partial charge in [0.05, 0.1) is 5.92 Å². The third-order valence-electron chi connectivity index (χ3n) is 4.82. The van der Waals surface area contributed by atoms with Crippen molar-refractivity contribution in [2.75, 3.05) is 13.7 Å². The molecule has 0 aliphatic heterocycles. The molecule has 3 atom stereocenters. The van der Waals surface area contributed by atoms with Crippen molar-refractivity contribution in [3.05, 3.63) is 11.7 Å². The maximum absolute atomic E-state index is 5.62. The fourth-order valence-corrected chi connectivity index (χ4v) is 3.53. The molecule has 1 aromatic heterocycles. The summed E-state index contributed by atoms with van der Waals surface area (Å²) in [6.07, 6.45) is 8.64. The highest BCUT2D eigenvalue weighted by molar-refractivity contribution is 5.04. The minimum atomic E-state index is 0.0193. The number of ether oxygens (including phenoxy) is 1. The van der Waals surface area contributed by atoms with Gasteiger partial charge in [0.15, 0.2) is 0 Å². The summed E-state index contributed by atoms with van der Waals surface area (Å²) in [5, 5.41) is 7.81. The second kappa shape index (κ2) is 6.88. The summed E-state index contributed by atoms with van der Waals surface area (Å²) in [5.41, 5.74) is 0. The van der Waals surface area contributed by atoms with Crippen LogP contribution in [-0.4, -0.2) is 29.8 Å². The zero-order valence-electron chi connectivity index (χ0n) is 13.2. The van der Waals surface area contributed by atoms with E-state index < -0.39 is 0 Å². The topological polar surface area (TPSA) is 60.2 Å². The molecule has 2 aliphatic carbocycles. The number of nitrogens with one attached hydrogen (secondary N) is 1. The molecule has 3 unspecified atom stereocenters. The molecule has 0 aromatic carbocycles. The Morgan fingerprint density at radius 2 is 2.05 bits per heavy atom. The van der Waals surface area contributed by atoms with E-state index in [2.05, 4.69) is 17.4 Å². The molecule has 2 saturated carbocycles. The number of hydrogen-bond donors (Lipinski definition) is 1. The van der Waals surface area contributed by atoms with Crippen molar-refractivity contribution in [3.8, 4) is 0 Å². The first kappa shape index (κ1) is 15.0. The molecule has 0 saturated heterocycles. The number of nitrogens with zero attached hydrogens (tertiary/aromatic N) is 2. The van der Waals surface area contributed by atoms with Crippen LogP contribution in [0.15, 0.2) is 4.52 Å². The molecule has 0 bridgehead atoms. The van der Waals surface area contributed by atoms with Gasteiger partial charge in [-0.3, -0.25) is 0 Å². The van der Waals surface area contributed by atoms with Gasteiger partial charge in [-0.2, -0.15) is 4.98 Å². The fraction of sp³-hybridized carbons (Fsp3) is 0.875. The SMILES string of the molecule is CCNC1CCCCCC1c1nc(C(OC)C2CC2)no1. The maximum Gasteiger partial charge on any atom is 0.231 e. The summed E-state index contributed by atoms with van der Waals surface area (Å²) in [5.74, 6) is 2.49. The third kappa shape index (κ3) is 3.46. The van der Waals surface area contributed by atoms with Crippen LogP contribution in [0.1, 0.15) is 75.6 Å². The lowest BCUT2D eigenvalue weighted by Gasteiger charge is -2.22. The van der Waals surface area contributed by atoms with Crippen LogP contribution in [0.4, 0.5) is 0 Å². The van der Waals surface area contributed by atoms with Crippen molar-refractivity contribution in [3.63, 3.8) is 0 Å². The van der Waals surface area contributed by atoms with E-state index in [1.165, 1.54) is 38.5 Å². The number of hydrogen-bond acceptors (Lipinski definition) is 5. The summed E-state index contributed by atoms with van der Waals surface area (Å²) in [4.78, 5) is 4.70. The summed E-state index contributed by atoms with van der Waals surface area (Å²) in [6.45, 7) is 3.15. The first-order valence-corrected chi connectivity index (χ1v) is 8.43. The Morgan fingerprint density at radius 1 is 1.24 bits per heavy atom. The minimum absolute atomic E-state index is 0.0193. The van der Waals surface area contributed by atoms with Gasteiger partial charge in [0, 0.05) is 13.2 Å². The second-order valence-corrected chi connectivity index (χ2v) is 6.39.